The minimum Gasteiger partial charge on any atom is -0.350 e. The Balaban J connectivity index is 2.60. The molecule has 1 heterocycles. The summed E-state index contributed by atoms with van der Waals surface area (Å²) in [5.41, 5.74) is 5.33. The maximum Gasteiger partial charge on any atom is 0.126 e. The average molecular weight is 235 g/mol. The molecular weight excluding hydrogens is 222 g/mol. The van der Waals surface area contributed by atoms with Gasteiger partial charge in [0, 0.05) is 11.3 Å². The molecule has 1 N–H and O–H groups in total. The lowest BCUT2D eigenvalue weighted by molar-refractivity contribution is 1.04. The summed E-state index contributed by atoms with van der Waals surface area (Å²) in [4.78, 5) is 3.15. The normalized spacial score (nSPS) is 9.78. The molecule has 0 spiro atoms. The molecule has 2 aromatic rings. The first-order valence-electron chi connectivity index (χ1n) is 5.83. The van der Waals surface area contributed by atoms with Crippen LogP contribution in [0.2, 0.25) is 0 Å². The minimum atomic E-state index is 0.592. The smallest absolute Gasteiger partial charge is 0.126 e. The van der Waals surface area contributed by atoms with Crippen molar-refractivity contribution in [2.45, 2.75) is 20.3 Å². The predicted molar refractivity (Wildman–Crippen MR) is 69.8 cm³/mol. The van der Waals surface area contributed by atoms with Crippen molar-refractivity contribution >= 4 is 0 Å². The van der Waals surface area contributed by atoms with Crippen LogP contribution in [0.5, 0.6) is 0 Å². The highest BCUT2D eigenvalue weighted by Gasteiger charge is 2.14. The van der Waals surface area contributed by atoms with E-state index in [2.05, 4.69) is 24.0 Å². The maximum atomic E-state index is 9.18. The van der Waals surface area contributed by atoms with Gasteiger partial charge in [-0.05, 0) is 36.6 Å². The van der Waals surface area contributed by atoms with E-state index < -0.39 is 0 Å². The molecule has 0 saturated heterocycles. The van der Waals surface area contributed by atoms with Crippen LogP contribution in [0.15, 0.2) is 24.3 Å². The van der Waals surface area contributed by atoms with Gasteiger partial charge in [-0.25, -0.2) is 0 Å². The van der Waals surface area contributed by atoms with Crippen LogP contribution >= 0.6 is 0 Å². The quantitative estimate of drug-likeness (QED) is 0.868. The van der Waals surface area contributed by atoms with Gasteiger partial charge >= 0.3 is 0 Å². The van der Waals surface area contributed by atoms with Gasteiger partial charge in [0.1, 0.15) is 11.8 Å². The number of aryl methyl sites for hydroxylation is 1. The van der Waals surface area contributed by atoms with Crippen LogP contribution in [0, 0.1) is 29.6 Å². The number of nitriles is 2. The molecule has 0 unspecified atom stereocenters. The number of nitrogens with zero attached hydrogens (tertiary/aromatic N) is 2. The van der Waals surface area contributed by atoms with Crippen LogP contribution in [-0.4, -0.2) is 4.98 Å². The molecule has 0 bridgehead atoms. The molecule has 88 valence electrons. The Hall–Kier alpha value is -2.52. The Kier molecular flexibility index (Phi) is 3.17. The van der Waals surface area contributed by atoms with Crippen molar-refractivity contribution in [3.63, 3.8) is 0 Å². The van der Waals surface area contributed by atoms with E-state index in [1.807, 2.05) is 19.1 Å². The lowest BCUT2D eigenvalue weighted by Crippen LogP contribution is -1.84. The third-order valence-electron chi connectivity index (χ3n) is 3.12. The predicted octanol–water partition coefficient (Wildman–Crippen LogP) is 3.30. The molecule has 0 saturated carbocycles. The first kappa shape index (κ1) is 12.0. The van der Waals surface area contributed by atoms with E-state index in [4.69, 9.17) is 5.26 Å². The van der Waals surface area contributed by atoms with Gasteiger partial charge in [-0.1, -0.05) is 19.1 Å². The first-order chi connectivity index (χ1) is 8.71. The number of nitrogens with one attached hydrogen (secondary N) is 1. The summed E-state index contributed by atoms with van der Waals surface area (Å²) in [7, 11) is 0. The molecule has 0 aliphatic carbocycles. The fraction of sp³-hybridized carbons (Fsp3) is 0.200. The minimum absolute atomic E-state index is 0.592. The molecule has 0 amide bonds. The van der Waals surface area contributed by atoms with Gasteiger partial charge in [0.05, 0.1) is 11.6 Å². The second-order valence-electron chi connectivity index (χ2n) is 4.13. The van der Waals surface area contributed by atoms with E-state index in [0.29, 0.717) is 11.3 Å². The zero-order valence-electron chi connectivity index (χ0n) is 10.4. The standard InChI is InChI=1S/C15H13N3/c1-3-13-10(2)15(14(9-17)18-13)12-6-4-11(8-16)5-7-12/h4-7,18H,3H2,1-2H3. The van der Waals surface area contributed by atoms with Gasteiger partial charge in [-0.2, -0.15) is 10.5 Å². The van der Waals surface area contributed by atoms with E-state index in [1.165, 1.54) is 0 Å². The van der Waals surface area contributed by atoms with Crippen molar-refractivity contribution in [2.75, 3.05) is 0 Å². The van der Waals surface area contributed by atoms with Crippen molar-refractivity contribution in [1.29, 1.82) is 10.5 Å². The zero-order chi connectivity index (χ0) is 13.1. The van der Waals surface area contributed by atoms with Crippen molar-refractivity contribution in [3.8, 4) is 23.3 Å². The van der Waals surface area contributed by atoms with Gasteiger partial charge in [0.15, 0.2) is 0 Å². The van der Waals surface area contributed by atoms with Crippen molar-refractivity contribution in [1.82, 2.24) is 4.98 Å². The van der Waals surface area contributed by atoms with Crippen molar-refractivity contribution in [2.24, 2.45) is 0 Å². The summed E-state index contributed by atoms with van der Waals surface area (Å²) >= 11 is 0. The molecule has 1 aromatic carbocycles. The molecule has 1 aromatic heterocycles. The van der Waals surface area contributed by atoms with Crippen LogP contribution < -0.4 is 0 Å². The van der Waals surface area contributed by atoms with Crippen LogP contribution in [0.3, 0.4) is 0 Å². The lowest BCUT2D eigenvalue weighted by Gasteiger charge is -2.02. The number of benzene rings is 1. The van der Waals surface area contributed by atoms with Crippen LogP contribution in [0.1, 0.15) is 29.4 Å². The lowest BCUT2D eigenvalue weighted by atomic mass is 10.00. The van der Waals surface area contributed by atoms with Gasteiger partial charge in [-0.15, -0.1) is 0 Å². The SMILES string of the molecule is CCc1[nH]c(C#N)c(-c2ccc(C#N)cc2)c1C. The summed E-state index contributed by atoms with van der Waals surface area (Å²) in [6.07, 6.45) is 0.872. The summed E-state index contributed by atoms with van der Waals surface area (Å²) in [5.74, 6) is 0. The number of hydrogen-bond donors (Lipinski definition) is 1. The highest BCUT2D eigenvalue weighted by Crippen LogP contribution is 2.29. The fourth-order valence-corrected chi connectivity index (χ4v) is 2.16. The molecule has 18 heavy (non-hydrogen) atoms. The van der Waals surface area contributed by atoms with E-state index >= 15 is 0 Å². The molecule has 0 aliphatic rings. The molecule has 0 radical (unpaired) electrons. The largest absolute Gasteiger partial charge is 0.350 e. The zero-order valence-corrected chi connectivity index (χ0v) is 10.4. The third-order valence-corrected chi connectivity index (χ3v) is 3.12. The van der Waals surface area contributed by atoms with E-state index in [9.17, 15) is 5.26 Å². The molecule has 3 nitrogen and oxygen atoms in total. The van der Waals surface area contributed by atoms with Gasteiger partial charge in [0.2, 0.25) is 0 Å². The summed E-state index contributed by atoms with van der Waals surface area (Å²) in [6, 6.07) is 11.6. The first-order valence-corrected chi connectivity index (χ1v) is 5.83. The summed E-state index contributed by atoms with van der Waals surface area (Å²) in [6.45, 7) is 4.08. The second-order valence-corrected chi connectivity index (χ2v) is 4.13. The van der Waals surface area contributed by atoms with Crippen LogP contribution in [0.4, 0.5) is 0 Å². The van der Waals surface area contributed by atoms with Crippen molar-refractivity contribution < 1.29 is 0 Å². The monoisotopic (exact) mass is 235 g/mol. The van der Waals surface area contributed by atoms with E-state index in [-0.39, 0.29) is 0 Å². The van der Waals surface area contributed by atoms with Gasteiger partial charge in [-0.3, -0.25) is 0 Å². The number of hydrogen-bond acceptors (Lipinski definition) is 2. The molecule has 0 aliphatic heterocycles. The highest BCUT2D eigenvalue weighted by atomic mass is 14.7. The number of H-pyrrole nitrogens is 1. The van der Waals surface area contributed by atoms with Crippen LogP contribution in [0.25, 0.3) is 11.1 Å². The third kappa shape index (κ3) is 1.87. The Bertz CT molecular complexity index is 649. The Morgan fingerprint density at radius 3 is 2.28 bits per heavy atom. The Labute approximate surface area is 106 Å². The van der Waals surface area contributed by atoms with E-state index in [0.717, 1.165) is 28.8 Å². The average Bonchev–Trinajstić information content (AvgIpc) is 2.75. The number of aromatic nitrogens is 1. The summed E-state index contributed by atoms with van der Waals surface area (Å²) in [5, 5.41) is 18.0. The fourth-order valence-electron chi connectivity index (χ4n) is 2.16. The number of aromatic amines is 1. The van der Waals surface area contributed by atoms with E-state index in [1.54, 1.807) is 12.1 Å². The molecular formula is C15H13N3. The van der Waals surface area contributed by atoms with Gasteiger partial charge in [0.25, 0.3) is 0 Å². The Morgan fingerprint density at radius 2 is 1.78 bits per heavy atom. The molecule has 0 atom stereocenters. The highest BCUT2D eigenvalue weighted by molar-refractivity contribution is 5.74. The molecule has 2 rings (SSSR count). The molecule has 0 fully saturated rings. The van der Waals surface area contributed by atoms with Crippen molar-refractivity contribution in [3.05, 3.63) is 46.8 Å². The maximum absolute atomic E-state index is 9.18. The van der Waals surface area contributed by atoms with Gasteiger partial charge < -0.3 is 4.98 Å². The summed E-state index contributed by atoms with van der Waals surface area (Å²) < 4.78 is 0. The second kappa shape index (κ2) is 4.77. The topological polar surface area (TPSA) is 63.4 Å². The Morgan fingerprint density at radius 1 is 1.11 bits per heavy atom. The number of rotatable bonds is 2. The molecule has 3 heteroatoms. The van der Waals surface area contributed by atoms with Crippen LogP contribution in [-0.2, 0) is 6.42 Å².